The maximum absolute atomic E-state index is 12.9. The van der Waals surface area contributed by atoms with Crippen LogP contribution in [0.1, 0.15) is 35.3 Å². The average molecular weight is 357 g/mol. The highest BCUT2D eigenvalue weighted by molar-refractivity contribution is 6.28. The second-order valence-electron chi connectivity index (χ2n) is 6.16. The number of nitrogens with one attached hydrogen (secondary N) is 1. The molecule has 0 radical (unpaired) electrons. The van der Waals surface area contributed by atoms with E-state index in [0.717, 1.165) is 12.1 Å². The van der Waals surface area contributed by atoms with E-state index in [2.05, 4.69) is 0 Å². The van der Waals surface area contributed by atoms with Gasteiger partial charge in [-0.05, 0) is 31.5 Å². The number of halogens is 3. The number of benzene rings is 1. The Morgan fingerprint density at radius 1 is 1.24 bits per heavy atom. The van der Waals surface area contributed by atoms with Gasteiger partial charge in [0.25, 0.3) is 0 Å². The molecule has 2 N–H and O–H groups in total. The molecule has 1 amide bonds. The first-order valence-electron chi connectivity index (χ1n) is 7.17. The van der Waals surface area contributed by atoms with Gasteiger partial charge in [0.2, 0.25) is 5.91 Å². The van der Waals surface area contributed by atoms with Crippen LogP contribution in [-0.2, 0) is 26.0 Å². The number of ketones is 2. The third-order valence-corrected chi connectivity index (χ3v) is 4.10. The van der Waals surface area contributed by atoms with Crippen LogP contribution >= 0.6 is 0 Å². The van der Waals surface area contributed by atoms with Gasteiger partial charge in [-0.1, -0.05) is 6.07 Å². The molecular weight excluding hydrogens is 343 g/mol. The van der Waals surface area contributed by atoms with E-state index in [1.807, 2.05) is 5.32 Å². The summed E-state index contributed by atoms with van der Waals surface area (Å²) in [4.78, 5) is 47.6. The summed E-state index contributed by atoms with van der Waals surface area (Å²) in [6.07, 6.45) is -4.69. The molecule has 1 aromatic carbocycles. The van der Waals surface area contributed by atoms with E-state index in [4.69, 9.17) is 5.11 Å². The van der Waals surface area contributed by atoms with Gasteiger partial charge in [-0.2, -0.15) is 13.2 Å². The Kier molecular flexibility index (Phi) is 4.45. The van der Waals surface area contributed by atoms with Crippen LogP contribution in [-0.4, -0.2) is 35.1 Å². The fourth-order valence-corrected chi connectivity index (χ4v) is 2.74. The van der Waals surface area contributed by atoms with Gasteiger partial charge in [0.05, 0.1) is 11.0 Å². The third kappa shape index (κ3) is 3.26. The zero-order chi connectivity index (χ0) is 19.2. The number of aliphatic carboxylic acids is 1. The lowest BCUT2D eigenvalue weighted by Gasteiger charge is -2.34. The molecule has 0 spiro atoms. The highest BCUT2D eigenvalue weighted by Crippen LogP contribution is 2.40. The molecule has 25 heavy (non-hydrogen) atoms. The fraction of sp³-hybridized carbons (Fsp3) is 0.375. The Balaban J connectivity index is 2.53. The third-order valence-electron chi connectivity index (χ3n) is 4.10. The van der Waals surface area contributed by atoms with Gasteiger partial charge in [0, 0.05) is 5.56 Å². The summed E-state index contributed by atoms with van der Waals surface area (Å²) in [6.45, 7) is 1.97. The van der Waals surface area contributed by atoms with Crippen LogP contribution in [0.25, 0.3) is 0 Å². The number of carbonyl (C=O) groups is 4. The minimum Gasteiger partial charge on any atom is -0.480 e. The monoisotopic (exact) mass is 357 g/mol. The summed E-state index contributed by atoms with van der Waals surface area (Å²) < 4.78 is 38.7. The molecule has 0 aliphatic heterocycles. The molecule has 2 rings (SSSR count). The average Bonchev–Trinajstić information content (AvgIpc) is 2.50. The Hall–Kier alpha value is -2.71. The molecule has 1 atom stereocenters. The summed E-state index contributed by atoms with van der Waals surface area (Å²) in [5.74, 6) is -6.29. The molecule has 1 unspecified atom stereocenters. The first-order chi connectivity index (χ1) is 11.4. The summed E-state index contributed by atoms with van der Waals surface area (Å²) in [7, 11) is 0. The van der Waals surface area contributed by atoms with Crippen LogP contribution < -0.4 is 5.32 Å². The Morgan fingerprint density at radius 2 is 1.84 bits per heavy atom. The summed E-state index contributed by atoms with van der Waals surface area (Å²) in [5, 5.41) is 10.5. The van der Waals surface area contributed by atoms with Gasteiger partial charge >= 0.3 is 12.1 Å². The summed E-state index contributed by atoms with van der Waals surface area (Å²) >= 11 is 0. The summed E-state index contributed by atoms with van der Waals surface area (Å²) in [5.41, 5.74) is -2.72. The number of Topliss-reactive ketones (excluding diaryl/α,β-unsaturated/α-hetero) is 2. The van der Waals surface area contributed by atoms with Crippen molar-refractivity contribution in [2.75, 3.05) is 6.54 Å². The normalized spacial score (nSPS) is 19.3. The number of amides is 1. The number of hydrogen-bond donors (Lipinski definition) is 2. The van der Waals surface area contributed by atoms with Gasteiger partial charge in [0.1, 0.15) is 6.54 Å². The Labute approximate surface area is 140 Å². The van der Waals surface area contributed by atoms with Crippen LogP contribution in [0.15, 0.2) is 18.2 Å². The smallest absolute Gasteiger partial charge is 0.416 e. The van der Waals surface area contributed by atoms with E-state index in [0.29, 0.717) is 6.07 Å². The highest BCUT2D eigenvalue weighted by Gasteiger charge is 2.50. The number of hydrogen-bond acceptors (Lipinski definition) is 4. The minimum absolute atomic E-state index is 0.0952. The van der Waals surface area contributed by atoms with Crippen LogP contribution in [0.3, 0.4) is 0 Å². The van der Waals surface area contributed by atoms with Crippen molar-refractivity contribution in [2.45, 2.75) is 25.4 Å². The van der Waals surface area contributed by atoms with E-state index in [1.54, 1.807) is 0 Å². The lowest BCUT2D eigenvalue weighted by Crippen LogP contribution is -2.51. The fourth-order valence-electron chi connectivity index (χ4n) is 2.74. The van der Waals surface area contributed by atoms with Crippen LogP contribution in [0.4, 0.5) is 13.2 Å². The van der Waals surface area contributed by atoms with E-state index >= 15 is 0 Å². The molecule has 0 saturated carbocycles. The van der Waals surface area contributed by atoms with E-state index < -0.39 is 53.1 Å². The molecule has 1 aromatic rings. The second kappa shape index (κ2) is 5.98. The predicted octanol–water partition coefficient (Wildman–Crippen LogP) is 1.57. The van der Waals surface area contributed by atoms with Crippen molar-refractivity contribution in [2.24, 2.45) is 5.92 Å². The molecule has 0 fully saturated rings. The quantitative estimate of drug-likeness (QED) is 0.800. The molecule has 0 saturated heterocycles. The number of carboxylic acid groups (broad SMARTS) is 1. The van der Waals surface area contributed by atoms with Crippen LogP contribution in [0.2, 0.25) is 0 Å². The van der Waals surface area contributed by atoms with Gasteiger partial charge < -0.3 is 10.4 Å². The molecule has 6 nitrogen and oxygen atoms in total. The number of carboxylic acids is 1. The molecule has 0 aromatic heterocycles. The zero-order valence-electron chi connectivity index (χ0n) is 13.2. The lowest BCUT2D eigenvalue weighted by molar-refractivity contribution is -0.140. The maximum atomic E-state index is 12.9. The highest BCUT2D eigenvalue weighted by atomic mass is 19.4. The number of fused-ring (bicyclic) bond motifs is 1. The van der Waals surface area contributed by atoms with Gasteiger partial charge in [0.15, 0.2) is 17.5 Å². The maximum Gasteiger partial charge on any atom is 0.416 e. The number of rotatable bonds is 3. The van der Waals surface area contributed by atoms with Crippen molar-refractivity contribution < 1.29 is 37.5 Å². The lowest BCUT2D eigenvalue weighted by atomic mass is 9.66. The van der Waals surface area contributed by atoms with Crippen LogP contribution in [0, 0.1) is 5.92 Å². The van der Waals surface area contributed by atoms with E-state index in [9.17, 15) is 32.3 Å². The molecule has 134 valence electrons. The van der Waals surface area contributed by atoms with Gasteiger partial charge in [-0.15, -0.1) is 0 Å². The zero-order valence-corrected chi connectivity index (χ0v) is 13.2. The Morgan fingerprint density at radius 3 is 2.36 bits per heavy atom. The van der Waals surface area contributed by atoms with Crippen molar-refractivity contribution in [3.05, 3.63) is 34.9 Å². The first-order valence-corrected chi connectivity index (χ1v) is 7.17. The van der Waals surface area contributed by atoms with E-state index in [1.165, 1.54) is 13.8 Å². The number of carbonyl (C=O) groups excluding carboxylic acids is 3. The summed E-state index contributed by atoms with van der Waals surface area (Å²) in [6, 6.07) is 2.44. The molecular formula is C16H14F3NO5. The van der Waals surface area contributed by atoms with Crippen molar-refractivity contribution in [1.82, 2.24) is 5.32 Å². The molecule has 0 bridgehead atoms. The van der Waals surface area contributed by atoms with Crippen molar-refractivity contribution in [1.29, 1.82) is 0 Å². The second-order valence-corrected chi connectivity index (χ2v) is 6.16. The van der Waals surface area contributed by atoms with E-state index in [-0.39, 0.29) is 11.1 Å². The SMILES string of the molecule is CC1(C)C(=O)C(C(=O)NCC(=O)O)C(=O)c2cc(C(F)(F)F)ccc21. The topological polar surface area (TPSA) is 101 Å². The molecule has 1 aliphatic carbocycles. The first kappa shape index (κ1) is 18.6. The molecule has 1 aliphatic rings. The minimum atomic E-state index is -4.69. The Bertz CT molecular complexity index is 782. The van der Waals surface area contributed by atoms with Gasteiger partial charge in [-0.25, -0.2) is 0 Å². The standard InChI is InChI=1S/C16H14F3NO5/c1-15(2)9-4-3-7(16(17,18)19)5-8(9)12(23)11(13(15)24)14(25)20-6-10(21)22/h3-5,11H,6H2,1-2H3,(H,20,25)(H,21,22). The largest absolute Gasteiger partial charge is 0.480 e. The number of alkyl halides is 3. The van der Waals surface area contributed by atoms with Gasteiger partial charge in [-0.3, -0.25) is 19.2 Å². The van der Waals surface area contributed by atoms with Crippen molar-refractivity contribution in [3.8, 4) is 0 Å². The molecule has 0 heterocycles. The molecule has 9 heteroatoms. The van der Waals surface area contributed by atoms with Crippen molar-refractivity contribution in [3.63, 3.8) is 0 Å². The van der Waals surface area contributed by atoms with Crippen LogP contribution in [0.5, 0.6) is 0 Å². The van der Waals surface area contributed by atoms with Crippen molar-refractivity contribution >= 4 is 23.4 Å². The predicted molar refractivity (Wildman–Crippen MR) is 77.9 cm³/mol.